The second-order valence-corrected chi connectivity index (χ2v) is 9.75. The summed E-state index contributed by atoms with van der Waals surface area (Å²) in [5, 5.41) is 0. The molecule has 28 heavy (non-hydrogen) atoms. The van der Waals surface area contributed by atoms with Crippen LogP contribution in [-0.4, -0.2) is 56.3 Å². The normalized spacial score (nSPS) is 22.4. The van der Waals surface area contributed by atoms with E-state index in [-0.39, 0.29) is 16.8 Å². The van der Waals surface area contributed by atoms with Crippen molar-refractivity contribution in [3.05, 3.63) is 23.8 Å². The van der Waals surface area contributed by atoms with Gasteiger partial charge in [-0.2, -0.15) is 4.31 Å². The van der Waals surface area contributed by atoms with Crippen LogP contribution in [0.4, 0.5) is 0 Å². The van der Waals surface area contributed by atoms with E-state index in [1.54, 1.807) is 16.4 Å². The lowest BCUT2D eigenvalue weighted by atomic mass is 10.1. The Morgan fingerprint density at radius 2 is 1.64 bits per heavy atom. The van der Waals surface area contributed by atoms with E-state index in [4.69, 9.17) is 4.74 Å². The Kier molecular flexibility index (Phi) is 6.99. The maximum absolute atomic E-state index is 13.3. The van der Waals surface area contributed by atoms with Crippen LogP contribution in [0.15, 0.2) is 23.1 Å². The number of piperidine rings is 1. The maximum atomic E-state index is 13.3. The van der Waals surface area contributed by atoms with Gasteiger partial charge in [0, 0.05) is 31.2 Å². The van der Waals surface area contributed by atoms with E-state index < -0.39 is 10.0 Å². The number of likely N-dealkylation sites (tertiary alicyclic amines) is 1. The van der Waals surface area contributed by atoms with Crippen LogP contribution in [0.1, 0.15) is 68.6 Å². The van der Waals surface area contributed by atoms with E-state index in [2.05, 4.69) is 0 Å². The van der Waals surface area contributed by atoms with Crippen LogP contribution in [0.5, 0.6) is 5.75 Å². The van der Waals surface area contributed by atoms with Gasteiger partial charge in [0.1, 0.15) is 10.6 Å². The summed E-state index contributed by atoms with van der Waals surface area (Å²) < 4.78 is 33.6. The van der Waals surface area contributed by atoms with Gasteiger partial charge in [0.25, 0.3) is 5.91 Å². The van der Waals surface area contributed by atoms with Crippen LogP contribution < -0.4 is 4.74 Å². The largest absolute Gasteiger partial charge is 0.495 e. The zero-order valence-electron chi connectivity index (χ0n) is 17.0. The number of ether oxygens (including phenoxy) is 1. The summed E-state index contributed by atoms with van der Waals surface area (Å²) in [7, 11) is -2.25. The minimum Gasteiger partial charge on any atom is -0.495 e. The van der Waals surface area contributed by atoms with E-state index in [0.29, 0.717) is 17.9 Å². The van der Waals surface area contributed by atoms with Gasteiger partial charge in [-0.25, -0.2) is 8.42 Å². The number of carbonyl (C=O) groups is 1. The number of rotatable bonds is 4. The molecule has 7 heteroatoms. The third kappa shape index (κ3) is 4.51. The van der Waals surface area contributed by atoms with Crippen molar-refractivity contribution in [3.63, 3.8) is 0 Å². The van der Waals surface area contributed by atoms with Gasteiger partial charge in [-0.3, -0.25) is 4.79 Å². The number of carbonyl (C=O) groups excluding carboxylic acids is 1. The molecule has 1 aromatic rings. The van der Waals surface area contributed by atoms with Crippen LogP contribution in [0, 0.1) is 0 Å². The molecule has 2 saturated heterocycles. The van der Waals surface area contributed by atoms with Crippen LogP contribution in [0.3, 0.4) is 0 Å². The molecule has 1 amide bonds. The second-order valence-electron chi connectivity index (χ2n) is 7.89. The predicted molar refractivity (Wildman–Crippen MR) is 109 cm³/mol. The summed E-state index contributed by atoms with van der Waals surface area (Å²) in [5.74, 6) is 0.203. The molecule has 2 fully saturated rings. The standard InChI is InChI=1S/C21H32N2O4S/c1-17-10-6-9-15-23(17)28(25,26)20-16-18(11-12-19(20)27-2)21(24)22-13-7-4-3-5-8-14-22/h11-12,16-17H,3-10,13-15H2,1-2H3. The molecule has 1 atom stereocenters. The van der Waals surface area contributed by atoms with Crippen LogP contribution in [0.2, 0.25) is 0 Å². The fourth-order valence-electron chi connectivity index (χ4n) is 4.20. The first-order valence-electron chi connectivity index (χ1n) is 10.4. The van der Waals surface area contributed by atoms with Gasteiger partial charge in [0.2, 0.25) is 10.0 Å². The van der Waals surface area contributed by atoms with Gasteiger partial charge in [-0.05, 0) is 50.8 Å². The molecule has 2 aliphatic heterocycles. The van der Waals surface area contributed by atoms with Gasteiger partial charge in [-0.15, -0.1) is 0 Å². The number of benzene rings is 1. The highest BCUT2D eigenvalue weighted by atomic mass is 32.2. The fourth-order valence-corrected chi connectivity index (χ4v) is 6.08. The number of amides is 1. The molecule has 0 aliphatic carbocycles. The number of methoxy groups -OCH3 is 1. The first-order chi connectivity index (χ1) is 13.4. The number of sulfonamides is 1. The molecular formula is C21H32N2O4S. The van der Waals surface area contributed by atoms with Crippen molar-refractivity contribution in [1.82, 2.24) is 9.21 Å². The first kappa shape index (κ1) is 21.1. The molecule has 0 saturated carbocycles. The lowest BCUT2D eigenvalue weighted by Crippen LogP contribution is -2.42. The molecule has 156 valence electrons. The van der Waals surface area contributed by atoms with Crippen molar-refractivity contribution in [1.29, 1.82) is 0 Å². The monoisotopic (exact) mass is 408 g/mol. The highest BCUT2D eigenvalue weighted by Crippen LogP contribution is 2.32. The van der Waals surface area contributed by atoms with Gasteiger partial charge in [-0.1, -0.05) is 25.7 Å². The summed E-state index contributed by atoms with van der Waals surface area (Å²) in [6.07, 6.45) is 8.25. The molecule has 2 heterocycles. The van der Waals surface area contributed by atoms with Gasteiger partial charge in [0.15, 0.2) is 0 Å². The molecule has 6 nitrogen and oxygen atoms in total. The summed E-state index contributed by atoms with van der Waals surface area (Å²) in [5.41, 5.74) is 0.421. The molecule has 0 bridgehead atoms. The third-order valence-corrected chi connectivity index (χ3v) is 7.92. The van der Waals surface area contributed by atoms with Crippen LogP contribution >= 0.6 is 0 Å². The molecule has 1 aromatic carbocycles. The van der Waals surface area contributed by atoms with Crippen LogP contribution in [-0.2, 0) is 10.0 Å². The summed E-state index contributed by atoms with van der Waals surface area (Å²) >= 11 is 0. The van der Waals surface area contributed by atoms with E-state index in [1.165, 1.54) is 19.6 Å². The topological polar surface area (TPSA) is 66.9 Å². The zero-order valence-corrected chi connectivity index (χ0v) is 17.8. The number of hydrogen-bond donors (Lipinski definition) is 0. The van der Waals surface area contributed by atoms with Crippen LogP contribution in [0.25, 0.3) is 0 Å². The van der Waals surface area contributed by atoms with Crippen molar-refractivity contribution >= 4 is 15.9 Å². The van der Waals surface area contributed by atoms with Crippen molar-refractivity contribution in [2.75, 3.05) is 26.7 Å². The van der Waals surface area contributed by atoms with Gasteiger partial charge < -0.3 is 9.64 Å². The van der Waals surface area contributed by atoms with Gasteiger partial charge in [0.05, 0.1) is 7.11 Å². The fraction of sp³-hybridized carbons (Fsp3) is 0.667. The quantitative estimate of drug-likeness (QED) is 0.762. The van der Waals surface area contributed by atoms with Crippen molar-refractivity contribution in [2.45, 2.75) is 69.2 Å². The third-order valence-electron chi connectivity index (χ3n) is 5.88. The minimum atomic E-state index is -3.72. The Balaban J connectivity index is 1.92. The Bertz CT molecular complexity index is 786. The highest BCUT2D eigenvalue weighted by molar-refractivity contribution is 7.89. The van der Waals surface area contributed by atoms with Crippen molar-refractivity contribution < 1.29 is 17.9 Å². The molecule has 0 N–H and O–H groups in total. The predicted octanol–water partition coefficient (Wildman–Crippen LogP) is 3.66. The Morgan fingerprint density at radius 3 is 2.29 bits per heavy atom. The SMILES string of the molecule is COc1ccc(C(=O)N2CCCCCCC2)cc1S(=O)(=O)N1CCCCC1C. The molecule has 0 aromatic heterocycles. The molecule has 0 spiro atoms. The maximum Gasteiger partial charge on any atom is 0.253 e. The van der Waals surface area contributed by atoms with Gasteiger partial charge >= 0.3 is 0 Å². The number of hydrogen-bond acceptors (Lipinski definition) is 4. The van der Waals surface area contributed by atoms with E-state index in [0.717, 1.165) is 58.0 Å². The molecule has 1 unspecified atom stereocenters. The highest BCUT2D eigenvalue weighted by Gasteiger charge is 2.34. The molecule has 0 radical (unpaired) electrons. The Morgan fingerprint density at radius 1 is 1.00 bits per heavy atom. The molecular weight excluding hydrogens is 376 g/mol. The summed E-state index contributed by atoms with van der Waals surface area (Å²) in [6.45, 7) is 3.92. The summed E-state index contributed by atoms with van der Waals surface area (Å²) in [4.78, 5) is 15.0. The van der Waals surface area contributed by atoms with E-state index in [9.17, 15) is 13.2 Å². The van der Waals surface area contributed by atoms with Crippen molar-refractivity contribution in [2.24, 2.45) is 0 Å². The average Bonchev–Trinajstić information content (AvgIpc) is 2.67. The number of nitrogens with zero attached hydrogens (tertiary/aromatic N) is 2. The lowest BCUT2D eigenvalue weighted by Gasteiger charge is -2.32. The Labute approximate surface area is 168 Å². The van der Waals surface area contributed by atoms with Crippen molar-refractivity contribution in [3.8, 4) is 5.75 Å². The minimum absolute atomic E-state index is 0.0443. The van der Waals surface area contributed by atoms with E-state index >= 15 is 0 Å². The lowest BCUT2D eigenvalue weighted by molar-refractivity contribution is 0.0742. The first-order valence-corrected chi connectivity index (χ1v) is 11.9. The zero-order chi connectivity index (χ0) is 20.1. The smallest absolute Gasteiger partial charge is 0.253 e. The second kappa shape index (κ2) is 9.27. The van der Waals surface area contributed by atoms with E-state index in [1.807, 2.05) is 11.8 Å². The summed E-state index contributed by atoms with van der Waals surface area (Å²) in [6, 6.07) is 4.76. The molecule has 2 aliphatic rings. The Hall–Kier alpha value is -1.60. The average molecular weight is 409 g/mol. The molecule has 3 rings (SSSR count).